The number of rotatable bonds is 6. The number of benzene rings is 1. The maximum atomic E-state index is 10.8. The van der Waals surface area contributed by atoms with Crippen LogP contribution in [0.25, 0.3) is 0 Å². The number of ether oxygens (including phenoxy) is 1. The Morgan fingerprint density at radius 2 is 2.05 bits per heavy atom. The minimum absolute atomic E-state index is 0.0720. The van der Waals surface area contributed by atoms with Gasteiger partial charge in [-0.15, -0.1) is 0 Å². The average molecular weight is 292 g/mol. The Labute approximate surface area is 119 Å². The fraction of sp³-hybridized carbons (Fsp3) is 0.250. The third-order valence-corrected chi connectivity index (χ3v) is 2.83. The fourth-order valence-corrected chi connectivity index (χ4v) is 1.82. The number of non-ortho nitro benzene ring substituents is 1. The molecule has 110 valence electrons. The summed E-state index contributed by atoms with van der Waals surface area (Å²) in [5.41, 5.74) is -0.0720. The normalized spacial score (nSPS) is 10.3. The number of nitro benzene ring substituents is 1. The van der Waals surface area contributed by atoms with Crippen LogP contribution in [0.15, 0.2) is 30.5 Å². The molecule has 0 amide bonds. The Morgan fingerprint density at radius 3 is 2.71 bits per heavy atom. The third-order valence-electron chi connectivity index (χ3n) is 2.83. The van der Waals surface area contributed by atoms with Gasteiger partial charge < -0.3 is 14.9 Å². The Hall–Kier alpha value is -2.97. The van der Waals surface area contributed by atoms with Gasteiger partial charge in [0.1, 0.15) is 25.1 Å². The number of imidazole rings is 1. The first-order chi connectivity index (χ1) is 9.99. The third kappa shape index (κ3) is 3.32. The summed E-state index contributed by atoms with van der Waals surface area (Å²) >= 11 is 0. The van der Waals surface area contributed by atoms with Gasteiger partial charge in [-0.2, -0.15) is 0 Å². The quantitative estimate of drug-likeness (QED) is 0.595. The maximum Gasteiger partial charge on any atom is 0.342 e. The van der Waals surface area contributed by atoms with Crippen LogP contribution in [0.5, 0.6) is 5.75 Å². The number of hydrogen-bond donors (Lipinski definition) is 0. The highest BCUT2D eigenvalue weighted by Crippen LogP contribution is 2.19. The molecule has 0 atom stereocenters. The van der Waals surface area contributed by atoms with Crippen LogP contribution in [-0.2, 0) is 6.54 Å². The summed E-state index contributed by atoms with van der Waals surface area (Å²) in [6, 6.07) is 5.76. The van der Waals surface area contributed by atoms with Crippen molar-refractivity contribution >= 4 is 11.5 Å². The van der Waals surface area contributed by atoms with E-state index in [4.69, 9.17) is 4.74 Å². The molecule has 1 heterocycles. The van der Waals surface area contributed by atoms with E-state index in [0.717, 1.165) is 0 Å². The lowest BCUT2D eigenvalue weighted by Gasteiger charge is -2.06. The summed E-state index contributed by atoms with van der Waals surface area (Å²) in [5, 5.41) is 21.5. The molecule has 0 fully saturated rings. The summed E-state index contributed by atoms with van der Waals surface area (Å²) in [6.07, 6.45) is 1.18. The van der Waals surface area contributed by atoms with Crippen LogP contribution < -0.4 is 4.74 Å². The molecule has 0 radical (unpaired) electrons. The summed E-state index contributed by atoms with van der Waals surface area (Å²) in [6.45, 7) is 2.02. The maximum absolute atomic E-state index is 10.8. The van der Waals surface area contributed by atoms with Crippen LogP contribution in [0.3, 0.4) is 0 Å². The summed E-state index contributed by atoms with van der Waals surface area (Å²) < 4.78 is 6.80. The van der Waals surface area contributed by atoms with E-state index in [9.17, 15) is 20.2 Å². The van der Waals surface area contributed by atoms with Gasteiger partial charge in [0.2, 0.25) is 0 Å². The van der Waals surface area contributed by atoms with Crippen LogP contribution in [-0.4, -0.2) is 26.0 Å². The first-order valence-corrected chi connectivity index (χ1v) is 6.03. The fourth-order valence-electron chi connectivity index (χ4n) is 1.82. The minimum atomic E-state index is -0.520. The molecule has 0 aliphatic rings. The van der Waals surface area contributed by atoms with E-state index in [1.165, 1.54) is 29.0 Å². The van der Waals surface area contributed by atoms with Crippen LogP contribution in [0.4, 0.5) is 11.5 Å². The zero-order valence-corrected chi connectivity index (χ0v) is 11.1. The first-order valence-electron chi connectivity index (χ1n) is 6.03. The van der Waals surface area contributed by atoms with Gasteiger partial charge in [-0.3, -0.25) is 10.1 Å². The molecule has 1 aromatic carbocycles. The van der Waals surface area contributed by atoms with E-state index in [1.54, 1.807) is 13.0 Å². The molecule has 0 saturated carbocycles. The average Bonchev–Trinajstić information content (AvgIpc) is 2.81. The standard InChI is InChI=1S/C12H12N4O5/c1-9-13-8-12(16(19)20)14(9)5-6-21-11-4-2-3-10(7-11)15(17)18/h2-4,7-8H,5-6H2,1H3. The number of hydrogen-bond acceptors (Lipinski definition) is 6. The lowest BCUT2D eigenvalue weighted by molar-refractivity contribution is -0.392. The van der Waals surface area contributed by atoms with Crippen molar-refractivity contribution in [1.82, 2.24) is 9.55 Å². The van der Waals surface area contributed by atoms with Gasteiger partial charge in [0.15, 0.2) is 5.82 Å². The highest BCUT2D eigenvalue weighted by molar-refractivity contribution is 5.37. The topological polar surface area (TPSA) is 113 Å². The summed E-state index contributed by atoms with van der Waals surface area (Å²) in [5.74, 6) is 0.726. The lowest BCUT2D eigenvalue weighted by atomic mass is 10.3. The van der Waals surface area contributed by atoms with Gasteiger partial charge in [0, 0.05) is 13.0 Å². The largest absolute Gasteiger partial charge is 0.489 e. The molecule has 9 nitrogen and oxygen atoms in total. The molecule has 0 aliphatic heterocycles. The highest BCUT2D eigenvalue weighted by atomic mass is 16.6. The molecule has 0 N–H and O–H groups in total. The van der Waals surface area contributed by atoms with Crippen LogP contribution in [0.2, 0.25) is 0 Å². The molecule has 2 aromatic rings. The van der Waals surface area contributed by atoms with Crippen molar-refractivity contribution in [2.45, 2.75) is 13.5 Å². The molecule has 0 aliphatic carbocycles. The van der Waals surface area contributed by atoms with E-state index < -0.39 is 9.85 Å². The van der Waals surface area contributed by atoms with Gasteiger partial charge >= 0.3 is 5.82 Å². The molecule has 0 saturated heterocycles. The second-order valence-electron chi connectivity index (χ2n) is 4.18. The van der Waals surface area contributed by atoms with E-state index >= 15 is 0 Å². The Bertz CT molecular complexity index is 682. The predicted octanol–water partition coefficient (Wildman–Crippen LogP) is 2.09. The minimum Gasteiger partial charge on any atom is -0.489 e. The van der Waals surface area contributed by atoms with Crippen molar-refractivity contribution in [2.24, 2.45) is 0 Å². The van der Waals surface area contributed by atoms with Gasteiger partial charge in [0.05, 0.1) is 11.0 Å². The smallest absolute Gasteiger partial charge is 0.342 e. The highest BCUT2D eigenvalue weighted by Gasteiger charge is 2.17. The molecule has 21 heavy (non-hydrogen) atoms. The zero-order valence-electron chi connectivity index (χ0n) is 11.1. The summed E-state index contributed by atoms with van der Waals surface area (Å²) in [4.78, 5) is 24.3. The second kappa shape index (κ2) is 5.99. The van der Waals surface area contributed by atoms with Crippen LogP contribution >= 0.6 is 0 Å². The predicted molar refractivity (Wildman–Crippen MR) is 72.2 cm³/mol. The van der Waals surface area contributed by atoms with Crippen LogP contribution in [0.1, 0.15) is 5.82 Å². The second-order valence-corrected chi connectivity index (χ2v) is 4.18. The summed E-state index contributed by atoms with van der Waals surface area (Å²) in [7, 11) is 0. The number of nitrogens with zero attached hydrogens (tertiary/aromatic N) is 4. The monoisotopic (exact) mass is 292 g/mol. The SMILES string of the molecule is Cc1ncc([N+](=O)[O-])n1CCOc1cccc([N+](=O)[O-])c1. The molecule has 2 rings (SSSR count). The Balaban J connectivity index is 2.02. The molecule has 0 bridgehead atoms. The molecule has 1 aromatic heterocycles. The lowest BCUT2D eigenvalue weighted by Crippen LogP contribution is -2.11. The van der Waals surface area contributed by atoms with E-state index in [1.807, 2.05) is 0 Å². The van der Waals surface area contributed by atoms with Gasteiger partial charge in [0.25, 0.3) is 5.69 Å². The number of aryl methyl sites for hydroxylation is 1. The van der Waals surface area contributed by atoms with Gasteiger partial charge in [-0.1, -0.05) is 6.07 Å². The molecular formula is C12H12N4O5. The first kappa shape index (κ1) is 14.4. The molecule has 9 heteroatoms. The molecular weight excluding hydrogens is 280 g/mol. The van der Waals surface area contributed by atoms with Crippen LogP contribution in [0, 0.1) is 27.2 Å². The number of aromatic nitrogens is 2. The molecule has 0 spiro atoms. The number of nitro groups is 2. The van der Waals surface area contributed by atoms with Gasteiger partial charge in [-0.05, 0) is 11.0 Å². The van der Waals surface area contributed by atoms with Gasteiger partial charge in [-0.25, -0.2) is 9.55 Å². The van der Waals surface area contributed by atoms with Crippen molar-refractivity contribution in [1.29, 1.82) is 0 Å². The molecule has 0 unspecified atom stereocenters. The van der Waals surface area contributed by atoms with E-state index in [-0.39, 0.29) is 24.7 Å². The van der Waals surface area contributed by atoms with Crippen molar-refractivity contribution < 1.29 is 14.6 Å². The van der Waals surface area contributed by atoms with Crippen molar-refractivity contribution in [2.75, 3.05) is 6.61 Å². The van der Waals surface area contributed by atoms with E-state index in [0.29, 0.717) is 11.6 Å². The van der Waals surface area contributed by atoms with Crippen molar-refractivity contribution in [3.63, 3.8) is 0 Å². The van der Waals surface area contributed by atoms with E-state index in [2.05, 4.69) is 4.98 Å². The van der Waals surface area contributed by atoms with Crippen molar-refractivity contribution in [3.8, 4) is 5.75 Å². The van der Waals surface area contributed by atoms with Crippen molar-refractivity contribution in [3.05, 3.63) is 56.5 Å². The Kier molecular flexibility index (Phi) is 4.12. The Morgan fingerprint density at radius 1 is 1.29 bits per heavy atom. The zero-order chi connectivity index (χ0) is 15.4.